The Morgan fingerprint density at radius 2 is 2.15 bits per heavy atom. The molecule has 1 heterocycles. The van der Waals surface area contributed by atoms with E-state index in [0.717, 1.165) is 25.6 Å². The zero-order chi connectivity index (χ0) is 14.6. The van der Waals surface area contributed by atoms with Crippen LogP contribution in [-0.4, -0.2) is 25.4 Å². The van der Waals surface area contributed by atoms with Crippen molar-refractivity contribution >= 4 is 11.3 Å². The number of hydrogen-bond acceptors (Lipinski definition) is 4. The van der Waals surface area contributed by atoms with E-state index in [2.05, 4.69) is 32.2 Å². The topological polar surface area (TPSA) is 30.5 Å². The molecule has 0 amide bonds. The molecule has 0 atom stereocenters. The van der Waals surface area contributed by atoms with Crippen molar-refractivity contribution in [1.82, 2.24) is 5.32 Å². The number of nitrogens with one attached hydrogen (secondary N) is 1. The molecule has 0 bridgehead atoms. The average molecular weight is 297 g/mol. The summed E-state index contributed by atoms with van der Waals surface area (Å²) in [7, 11) is 1.75. The molecule has 1 saturated carbocycles. The van der Waals surface area contributed by atoms with E-state index >= 15 is 0 Å². The summed E-state index contributed by atoms with van der Waals surface area (Å²) in [5, 5.41) is 3.56. The molecular formula is C16H27NO2S. The molecular weight excluding hydrogens is 270 g/mol. The van der Waals surface area contributed by atoms with Crippen LogP contribution in [0.5, 0.6) is 0 Å². The Morgan fingerprint density at radius 1 is 1.40 bits per heavy atom. The second-order valence-electron chi connectivity index (χ2n) is 6.22. The minimum atomic E-state index is -0.0942. The number of hydrogen-bond donors (Lipinski definition) is 1. The van der Waals surface area contributed by atoms with Crippen LogP contribution in [0, 0.1) is 6.92 Å². The Bertz CT molecular complexity index is 424. The molecule has 3 nitrogen and oxygen atoms in total. The lowest BCUT2D eigenvalue weighted by Crippen LogP contribution is -2.24. The van der Waals surface area contributed by atoms with Crippen LogP contribution in [-0.2, 0) is 22.6 Å². The third kappa shape index (κ3) is 5.17. The monoisotopic (exact) mass is 297 g/mol. The van der Waals surface area contributed by atoms with Gasteiger partial charge in [0.15, 0.2) is 0 Å². The van der Waals surface area contributed by atoms with Crippen LogP contribution in [0.3, 0.4) is 0 Å². The van der Waals surface area contributed by atoms with Crippen molar-refractivity contribution in [3.63, 3.8) is 0 Å². The second kappa shape index (κ2) is 7.03. The number of methoxy groups -OCH3 is 1. The van der Waals surface area contributed by atoms with E-state index in [4.69, 9.17) is 9.47 Å². The molecule has 114 valence electrons. The maximum absolute atomic E-state index is 5.80. The number of thiophene rings is 1. The minimum Gasteiger partial charge on any atom is -0.379 e. The molecule has 1 fully saturated rings. The number of ether oxygens (including phenoxy) is 2. The lowest BCUT2D eigenvalue weighted by molar-refractivity contribution is -0.0124. The van der Waals surface area contributed by atoms with Gasteiger partial charge in [-0.15, -0.1) is 11.3 Å². The van der Waals surface area contributed by atoms with Crippen LogP contribution >= 0.6 is 11.3 Å². The summed E-state index contributed by atoms with van der Waals surface area (Å²) in [5.74, 6) is 0. The zero-order valence-electron chi connectivity index (χ0n) is 13.1. The first-order valence-corrected chi connectivity index (χ1v) is 8.26. The Hall–Kier alpha value is -0.420. The van der Waals surface area contributed by atoms with Crippen LogP contribution in [0.4, 0.5) is 0 Å². The summed E-state index contributed by atoms with van der Waals surface area (Å²) in [5.41, 5.74) is 1.24. The van der Waals surface area contributed by atoms with Gasteiger partial charge in [-0.05, 0) is 51.7 Å². The highest BCUT2D eigenvalue weighted by atomic mass is 32.1. The van der Waals surface area contributed by atoms with E-state index in [0.29, 0.717) is 6.61 Å². The van der Waals surface area contributed by atoms with Gasteiger partial charge >= 0.3 is 0 Å². The van der Waals surface area contributed by atoms with Crippen LogP contribution in [0.1, 0.15) is 48.4 Å². The Balaban J connectivity index is 1.71. The highest BCUT2D eigenvalue weighted by Crippen LogP contribution is 2.25. The SMILES string of the molecule is COC(C)(C)CCOCc1cc(CNC2CC2)sc1C. The van der Waals surface area contributed by atoms with Crippen molar-refractivity contribution in [1.29, 1.82) is 0 Å². The van der Waals surface area contributed by atoms with Crippen LogP contribution in [0.25, 0.3) is 0 Å². The van der Waals surface area contributed by atoms with Gasteiger partial charge in [-0.2, -0.15) is 0 Å². The fourth-order valence-corrected chi connectivity index (χ4v) is 2.95. The summed E-state index contributed by atoms with van der Waals surface area (Å²) in [4.78, 5) is 2.80. The van der Waals surface area contributed by atoms with E-state index in [1.54, 1.807) is 7.11 Å². The van der Waals surface area contributed by atoms with Gasteiger partial charge in [0, 0.05) is 36.1 Å². The molecule has 1 aromatic heterocycles. The van der Waals surface area contributed by atoms with Gasteiger partial charge in [-0.3, -0.25) is 0 Å². The molecule has 20 heavy (non-hydrogen) atoms. The molecule has 4 heteroatoms. The summed E-state index contributed by atoms with van der Waals surface area (Å²) < 4.78 is 11.2. The smallest absolute Gasteiger partial charge is 0.0727 e. The molecule has 1 N–H and O–H groups in total. The third-order valence-corrected chi connectivity index (χ3v) is 4.97. The van der Waals surface area contributed by atoms with Crippen LogP contribution in [0.2, 0.25) is 0 Å². The molecule has 2 rings (SSSR count). The van der Waals surface area contributed by atoms with Gasteiger partial charge in [-0.1, -0.05) is 0 Å². The molecule has 0 saturated heterocycles. The molecule has 0 unspecified atom stereocenters. The first-order chi connectivity index (χ1) is 9.50. The van der Waals surface area contributed by atoms with Crippen LogP contribution < -0.4 is 5.32 Å². The van der Waals surface area contributed by atoms with E-state index in [9.17, 15) is 0 Å². The number of rotatable bonds is 9. The lowest BCUT2D eigenvalue weighted by atomic mass is 10.1. The summed E-state index contributed by atoms with van der Waals surface area (Å²) >= 11 is 1.89. The highest BCUT2D eigenvalue weighted by molar-refractivity contribution is 7.12. The fourth-order valence-electron chi connectivity index (χ4n) is 1.95. The molecule has 0 radical (unpaired) electrons. The van der Waals surface area contributed by atoms with Crippen LogP contribution in [0.15, 0.2) is 6.07 Å². The molecule has 1 aliphatic rings. The third-order valence-electron chi connectivity index (χ3n) is 3.87. The predicted octanol–water partition coefficient (Wildman–Crippen LogP) is 3.64. The maximum atomic E-state index is 5.80. The first kappa shape index (κ1) is 16.0. The van der Waals surface area contributed by atoms with Gasteiger partial charge in [-0.25, -0.2) is 0 Å². The summed E-state index contributed by atoms with van der Waals surface area (Å²) in [6.45, 7) is 8.83. The molecule has 0 aliphatic heterocycles. The van der Waals surface area contributed by atoms with Crippen molar-refractivity contribution in [2.45, 2.75) is 64.8 Å². The quantitative estimate of drug-likeness (QED) is 0.706. The molecule has 1 aliphatic carbocycles. The molecule has 0 aromatic carbocycles. The van der Waals surface area contributed by atoms with Gasteiger partial charge in [0.2, 0.25) is 0 Å². The van der Waals surface area contributed by atoms with Gasteiger partial charge in [0.25, 0.3) is 0 Å². The predicted molar refractivity (Wildman–Crippen MR) is 84.3 cm³/mol. The highest BCUT2D eigenvalue weighted by Gasteiger charge is 2.20. The zero-order valence-corrected chi connectivity index (χ0v) is 13.9. The average Bonchev–Trinajstić information content (AvgIpc) is 3.17. The van der Waals surface area contributed by atoms with E-state index < -0.39 is 0 Å². The standard InChI is InChI=1S/C16H27NO2S/c1-12-13(11-19-8-7-16(2,3)18-4)9-15(20-12)10-17-14-5-6-14/h9,14,17H,5-8,10-11H2,1-4H3. The maximum Gasteiger partial charge on any atom is 0.0727 e. The Kier molecular flexibility index (Phi) is 5.61. The van der Waals surface area contributed by atoms with Crippen molar-refractivity contribution in [2.24, 2.45) is 0 Å². The van der Waals surface area contributed by atoms with E-state index in [1.807, 2.05) is 11.3 Å². The summed E-state index contributed by atoms with van der Waals surface area (Å²) in [6, 6.07) is 3.06. The van der Waals surface area contributed by atoms with Crippen molar-refractivity contribution in [3.8, 4) is 0 Å². The largest absolute Gasteiger partial charge is 0.379 e. The lowest BCUT2D eigenvalue weighted by Gasteiger charge is -2.22. The minimum absolute atomic E-state index is 0.0942. The van der Waals surface area contributed by atoms with Gasteiger partial charge in [0.1, 0.15) is 0 Å². The van der Waals surface area contributed by atoms with Crippen molar-refractivity contribution in [2.75, 3.05) is 13.7 Å². The molecule has 0 spiro atoms. The Morgan fingerprint density at radius 3 is 2.80 bits per heavy atom. The van der Waals surface area contributed by atoms with Gasteiger partial charge in [0.05, 0.1) is 12.2 Å². The van der Waals surface area contributed by atoms with E-state index in [1.165, 1.54) is 28.2 Å². The number of aryl methyl sites for hydroxylation is 1. The summed E-state index contributed by atoms with van der Waals surface area (Å²) in [6.07, 6.45) is 3.61. The fraction of sp³-hybridized carbons (Fsp3) is 0.750. The van der Waals surface area contributed by atoms with Gasteiger partial charge < -0.3 is 14.8 Å². The molecule has 1 aromatic rings. The van der Waals surface area contributed by atoms with Crippen molar-refractivity contribution in [3.05, 3.63) is 21.4 Å². The Labute approximate surface area is 126 Å². The first-order valence-electron chi connectivity index (χ1n) is 7.44. The normalized spacial score (nSPS) is 15.8. The van der Waals surface area contributed by atoms with E-state index in [-0.39, 0.29) is 5.60 Å². The second-order valence-corrected chi connectivity index (χ2v) is 7.56. The van der Waals surface area contributed by atoms with Crippen molar-refractivity contribution < 1.29 is 9.47 Å².